The number of nitrogens with zero attached hydrogens (tertiary/aromatic N) is 1. The summed E-state index contributed by atoms with van der Waals surface area (Å²) in [6, 6.07) is 15.7. The average Bonchev–Trinajstić information content (AvgIpc) is 2.33. The zero-order valence-electron chi connectivity index (χ0n) is 10.2. The maximum absolute atomic E-state index is 11.9. The number of rotatable bonds is 3. The topological polar surface area (TPSA) is 26.3 Å². The lowest BCUT2D eigenvalue weighted by Gasteiger charge is -2.30. The van der Waals surface area contributed by atoms with Crippen LogP contribution in [0.15, 0.2) is 48.5 Å². The maximum Gasteiger partial charge on any atom is 0.0315 e. The number of hydrogen-bond acceptors (Lipinski definition) is 2. The Morgan fingerprint density at radius 2 is 1.29 bits per heavy atom. The van der Waals surface area contributed by atoms with Gasteiger partial charge < -0.3 is 10.3 Å². The second-order valence-corrected chi connectivity index (χ2v) is 4.36. The second kappa shape index (κ2) is 5.02. The van der Waals surface area contributed by atoms with Gasteiger partial charge >= 0.3 is 0 Å². The van der Waals surface area contributed by atoms with Crippen molar-refractivity contribution < 1.29 is 0 Å². The summed E-state index contributed by atoms with van der Waals surface area (Å²) in [5.41, 5.74) is 4.11. The van der Waals surface area contributed by atoms with Crippen LogP contribution in [0.2, 0.25) is 0 Å². The van der Waals surface area contributed by atoms with E-state index in [-0.39, 0.29) is 0 Å². The van der Waals surface area contributed by atoms with Crippen LogP contribution in [0.4, 0.5) is 5.69 Å². The van der Waals surface area contributed by atoms with Gasteiger partial charge in [-0.2, -0.15) is 0 Å². The zero-order chi connectivity index (χ0) is 12.3. The lowest BCUT2D eigenvalue weighted by molar-refractivity contribution is 0.971. The molecule has 2 aromatic carbocycles. The molecule has 2 heteroatoms. The zero-order valence-corrected chi connectivity index (χ0v) is 10.2. The maximum atomic E-state index is 11.9. The van der Waals surface area contributed by atoms with Crippen LogP contribution in [0.25, 0.3) is 0 Å². The molecule has 88 valence electrons. The van der Waals surface area contributed by atoms with Crippen molar-refractivity contribution >= 4 is 5.69 Å². The fraction of sp³-hybridized carbons (Fsp3) is 0.200. The minimum Gasteiger partial charge on any atom is -0.758 e. The highest BCUT2D eigenvalue weighted by Gasteiger charge is 1.97. The third-order valence-corrected chi connectivity index (χ3v) is 2.77. The van der Waals surface area contributed by atoms with Crippen LogP contribution < -0.4 is 5.06 Å². The molecular weight excluding hydrogens is 210 g/mol. The molecule has 2 aromatic rings. The van der Waals surface area contributed by atoms with Gasteiger partial charge in [-0.05, 0) is 31.5 Å². The molecule has 0 bridgehead atoms. The normalized spacial score (nSPS) is 10.3. The predicted molar refractivity (Wildman–Crippen MR) is 71.9 cm³/mol. The van der Waals surface area contributed by atoms with E-state index in [1.54, 1.807) is 0 Å². The Bertz CT molecular complexity index is 473. The highest BCUT2D eigenvalue weighted by atomic mass is 16.5. The van der Waals surface area contributed by atoms with Crippen LogP contribution in [0.5, 0.6) is 0 Å². The van der Waals surface area contributed by atoms with Gasteiger partial charge in [-0.25, -0.2) is 0 Å². The van der Waals surface area contributed by atoms with E-state index in [1.165, 1.54) is 5.56 Å². The smallest absolute Gasteiger partial charge is 0.0315 e. The summed E-state index contributed by atoms with van der Waals surface area (Å²) < 4.78 is 0. The molecule has 0 aliphatic carbocycles. The first-order chi connectivity index (χ1) is 8.15. The Morgan fingerprint density at radius 3 is 1.82 bits per heavy atom. The molecular formula is C15H16NO-. The van der Waals surface area contributed by atoms with Gasteiger partial charge in [-0.3, -0.25) is 0 Å². The van der Waals surface area contributed by atoms with Crippen molar-refractivity contribution in [1.82, 2.24) is 0 Å². The molecule has 2 nitrogen and oxygen atoms in total. The van der Waals surface area contributed by atoms with E-state index in [1.807, 2.05) is 62.4 Å². The summed E-state index contributed by atoms with van der Waals surface area (Å²) in [6.45, 7) is 4.45. The third kappa shape index (κ3) is 3.08. The van der Waals surface area contributed by atoms with Crippen LogP contribution in [0.3, 0.4) is 0 Å². The summed E-state index contributed by atoms with van der Waals surface area (Å²) in [5, 5.41) is 12.9. The minimum absolute atomic E-state index is 0.392. The van der Waals surface area contributed by atoms with Crippen molar-refractivity contribution in [2.75, 3.05) is 5.06 Å². The monoisotopic (exact) mass is 226 g/mol. The molecule has 0 saturated heterocycles. The number of hydrogen-bond donors (Lipinski definition) is 0. The van der Waals surface area contributed by atoms with Crippen molar-refractivity contribution in [3.05, 3.63) is 70.4 Å². The van der Waals surface area contributed by atoms with Gasteiger partial charge in [0, 0.05) is 12.2 Å². The Hall–Kier alpha value is -1.80. The standard InChI is InChI=1S/C15H16NO/c1-12-3-7-14(8-4-12)11-16(17)15-9-5-13(2)6-10-15/h3-10H,11H2,1-2H3/q-1. The summed E-state index contributed by atoms with van der Waals surface area (Å²) in [6.07, 6.45) is 0. The van der Waals surface area contributed by atoms with E-state index in [4.69, 9.17) is 0 Å². The molecule has 0 spiro atoms. The lowest BCUT2D eigenvalue weighted by atomic mass is 10.1. The first-order valence-corrected chi connectivity index (χ1v) is 5.72. The Balaban J connectivity index is 2.08. The van der Waals surface area contributed by atoms with Gasteiger partial charge in [0.2, 0.25) is 0 Å². The van der Waals surface area contributed by atoms with E-state index in [2.05, 4.69) is 0 Å². The van der Waals surface area contributed by atoms with Crippen LogP contribution >= 0.6 is 0 Å². The second-order valence-electron chi connectivity index (χ2n) is 4.36. The highest BCUT2D eigenvalue weighted by molar-refractivity contribution is 5.48. The van der Waals surface area contributed by atoms with Crippen LogP contribution in [0.1, 0.15) is 16.7 Å². The molecule has 2 rings (SSSR count). The number of aryl methyl sites for hydroxylation is 2. The molecule has 0 fully saturated rings. The summed E-state index contributed by atoms with van der Waals surface area (Å²) in [7, 11) is 0. The van der Waals surface area contributed by atoms with E-state index in [9.17, 15) is 5.21 Å². The Labute approximate surface area is 102 Å². The van der Waals surface area contributed by atoms with E-state index >= 15 is 0 Å². The number of hydroxylamine groups is 1. The molecule has 0 saturated carbocycles. The summed E-state index contributed by atoms with van der Waals surface area (Å²) in [4.78, 5) is 0. The molecule has 0 amide bonds. The SMILES string of the molecule is Cc1ccc(CN([O-])c2ccc(C)cc2)cc1. The first-order valence-electron chi connectivity index (χ1n) is 5.72. The van der Waals surface area contributed by atoms with Gasteiger partial charge in [0.15, 0.2) is 0 Å². The van der Waals surface area contributed by atoms with Crippen molar-refractivity contribution in [2.24, 2.45) is 0 Å². The van der Waals surface area contributed by atoms with Gasteiger partial charge in [0.1, 0.15) is 0 Å². The molecule has 17 heavy (non-hydrogen) atoms. The van der Waals surface area contributed by atoms with Gasteiger partial charge in [-0.15, -0.1) is 0 Å². The number of anilines is 1. The summed E-state index contributed by atoms with van der Waals surface area (Å²) >= 11 is 0. The first kappa shape index (κ1) is 11.7. The summed E-state index contributed by atoms with van der Waals surface area (Å²) in [5.74, 6) is 0. The molecule has 0 aromatic heterocycles. The van der Waals surface area contributed by atoms with E-state index in [0.29, 0.717) is 12.2 Å². The van der Waals surface area contributed by atoms with E-state index in [0.717, 1.165) is 16.2 Å². The van der Waals surface area contributed by atoms with Crippen molar-refractivity contribution in [3.8, 4) is 0 Å². The molecule has 0 atom stereocenters. The number of benzene rings is 2. The van der Waals surface area contributed by atoms with Crippen molar-refractivity contribution in [1.29, 1.82) is 0 Å². The van der Waals surface area contributed by atoms with Gasteiger partial charge in [-0.1, -0.05) is 47.5 Å². The van der Waals surface area contributed by atoms with E-state index < -0.39 is 0 Å². The molecule has 0 unspecified atom stereocenters. The van der Waals surface area contributed by atoms with Crippen molar-refractivity contribution in [2.45, 2.75) is 20.4 Å². The Kier molecular flexibility index (Phi) is 3.45. The fourth-order valence-electron chi connectivity index (χ4n) is 1.66. The van der Waals surface area contributed by atoms with Crippen LogP contribution in [-0.4, -0.2) is 0 Å². The highest BCUT2D eigenvalue weighted by Crippen LogP contribution is 2.17. The third-order valence-electron chi connectivity index (χ3n) is 2.77. The lowest BCUT2D eigenvalue weighted by Crippen LogP contribution is -2.13. The van der Waals surface area contributed by atoms with Crippen molar-refractivity contribution in [3.63, 3.8) is 0 Å². The van der Waals surface area contributed by atoms with Gasteiger partial charge in [0.05, 0.1) is 0 Å². The largest absolute Gasteiger partial charge is 0.758 e. The quantitative estimate of drug-likeness (QED) is 0.744. The van der Waals surface area contributed by atoms with Crippen LogP contribution in [-0.2, 0) is 6.54 Å². The average molecular weight is 226 g/mol. The van der Waals surface area contributed by atoms with Crippen LogP contribution in [0, 0.1) is 19.1 Å². The minimum atomic E-state index is 0.392. The fourth-order valence-corrected chi connectivity index (χ4v) is 1.66. The predicted octanol–water partition coefficient (Wildman–Crippen LogP) is 3.81. The molecule has 0 heterocycles. The molecule has 0 N–H and O–H groups in total. The molecule has 0 aliphatic rings. The van der Waals surface area contributed by atoms with Gasteiger partial charge in [0.25, 0.3) is 0 Å². The molecule has 0 aliphatic heterocycles. The Morgan fingerprint density at radius 1 is 0.824 bits per heavy atom. The molecule has 0 radical (unpaired) electrons.